The third kappa shape index (κ3) is 4.55. The first kappa shape index (κ1) is 34.3. The van der Waals surface area contributed by atoms with E-state index in [1.807, 2.05) is 13.8 Å². The Hall–Kier alpha value is -4.84. The van der Waals surface area contributed by atoms with Crippen LogP contribution in [-0.4, -0.2) is 28.7 Å². The van der Waals surface area contributed by atoms with Gasteiger partial charge in [-0.25, -0.2) is 19.9 Å². The van der Waals surface area contributed by atoms with Gasteiger partial charge in [-0.3, -0.25) is 8.80 Å². The second kappa shape index (κ2) is 11.1. The zero-order valence-corrected chi connectivity index (χ0v) is 33.0. The number of rotatable bonds is 0. The van der Waals surface area contributed by atoms with Gasteiger partial charge in [0, 0.05) is 34.0 Å². The summed E-state index contributed by atoms with van der Waals surface area (Å²) in [6.07, 6.45) is 5.28. The van der Waals surface area contributed by atoms with Crippen LogP contribution in [-0.2, 0) is 21.7 Å². The number of hydrogen-bond donors (Lipinski definition) is 0. The largest absolute Gasteiger partial charge is 0.299 e. The maximum atomic E-state index is 5.04. The third-order valence-electron chi connectivity index (χ3n) is 13.2. The van der Waals surface area contributed by atoms with E-state index in [1.54, 1.807) is 0 Å². The second-order valence-electron chi connectivity index (χ2n) is 17.7. The van der Waals surface area contributed by atoms with E-state index in [-0.39, 0.29) is 27.1 Å². The Balaban J connectivity index is 0.000000143. The van der Waals surface area contributed by atoms with Gasteiger partial charge in [0.05, 0.1) is 22.4 Å². The number of hydrogen-bond acceptors (Lipinski definition) is 4. The van der Waals surface area contributed by atoms with Crippen LogP contribution in [0, 0.1) is 5.41 Å². The standard InChI is InChI=1S/C24H26N2.C20H20N4.C2H6/c1-22(2)17-13-19-20(14-18(17)23(3,4)24(22,5)6)26-12-11-15-9-7-8-10-16(15)21(26)25-19;1-19(2)11-20(3,4)15-14(19)21-16-18(22-15)24-10-9-12-7-5-6-8-13(12)17(24)23-16;1-2/h7-14H,1-6H3;5-10H,11H2,1-4H3;1-2H3. The number of benzene rings is 3. The molecule has 2 aliphatic carbocycles. The lowest BCUT2D eigenvalue weighted by atomic mass is 9.59. The molecule has 266 valence electrons. The van der Waals surface area contributed by atoms with Gasteiger partial charge in [-0.1, -0.05) is 132 Å². The lowest BCUT2D eigenvalue weighted by molar-refractivity contribution is 0.125. The predicted octanol–water partition coefficient (Wildman–Crippen LogP) is 11.7. The highest BCUT2D eigenvalue weighted by molar-refractivity contribution is 5.99. The van der Waals surface area contributed by atoms with Gasteiger partial charge in [-0.2, -0.15) is 0 Å². The van der Waals surface area contributed by atoms with E-state index >= 15 is 0 Å². The fourth-order valence-electron chi connectivity index (χ4n) is 9.43. The Labute approximate surface area is 307 Å². The molecule has 5 heterocycles. The van der Waals surface area contributed by atoms with Crippen LogP contribution in [0.25, 0.3) is 55.2 Å². The van der Waals surface area contributed by atoms with Crippen molar-refractivity contribution in [2.24, 2.45) is 5.41 Å². The van der Waals surface area contributed by atoms with Crippen LogP contribution < -0.4 is 0 Å². The minimum Gasteiger partial charge on any atom is -0.299 e. The van der Waals surface area contributed by atoms with E-state index in [0.29, 0.717) is 0 Å². The highest BCUT2D eigenvalue weighted by atomic mass is 15.1. The maximum absolute atomic E-state index is 5.04. The fraction of sp³-hybridized carbons (Fsp3) is 0.391. The molecular weight excluding hydrogens is 637 g/mol. The maximum Gasteiger partial charge on any atom is 0.198 e. The van der Waals surface area contributed by atoms with E-state index in [9.17, 15) is 0 Å². The highest BCUT2D eigenvalue weighted by Gasteiger charge is 2.57. The summed E-state index contributed by atoms with van der Waals surface area (Å²) < 4.78 is 4.33. The van der Waals surface area contributed by atoms with Crippen molar-refractivity contribution in [3.8, 4) is 0 Å². The molecule has 52 heavy (non-hydrogen) atoms. The molecule has 0 atom stereocenters. The molecule has 0 amide bonds. The Kier molecular flexibility index (Phi) is 7.30. The van der Waals surface area contributed by atoms with Crippen molar-refractivity contribution in [2.75, 3.05) is 0 Å². The Morgan fingerprint density at radius 3 is 1.62 bits per heavy atom. The summed E-state index contributed by atoms with van der Waals surface area (Å²) in [5.41, 5.74) is 11.5. The topological polar surface area (TPSA) is 60.4 Å². The number of pyridine rings is 2. The molecular formula is C46H52N6. The van der Waals surface area contributed by atoms with Gasteiger partial charge in [0.1, 0.15) is 11.3 Å². The zero-order valence-electron chi connectivity index (χ0n) is 33.0. The first-order valence-corrected chi connectivity index (χ1v) is 19.0. The van der Waals surface area contributed by atoms with E-state index < -0.39 is 0 Å². The minimum atomic E-state index is 0.0396. The van der Waals surface area contributed by atoms with Crippen molar-refractivity contribution in [1.29, 1.82) is 0 Å². The molecule has 0 fully saturated rings. The van der Waals surface area contributed by atoms with Crippen LogP contribution in [0.15, 0.2) is 85.2 Å². The van der Waals surface area contributed by atoms with Gasteiger partial charge in [-0.05, 0) is 68.8 Å². The molecule has 0 N–H and O–H groups in total. The van der Waals surface area contributed by atoms with E-state index in [2.05, 4.69) is 163 Å². The molecule has 0 spiro atoms. The number of nitrogens with zero attached hydrogens (tertiary/aromatic N) is 6. The van der Waals surface area contributed by atoms with E-state index in [0.717, 1.165) is 51.3 Å². The number of fused-ring (bicyclic) bond motifs is 12. The first-order valence-electron chi connectivity index (χ1n) is 19.0. The summed E-state index contributed by atoms with van der Waals surface area (Å²) in [5.74, 6) is 0. The molecule has 0 saturated carbocycles. The van der Waals surface area contributed by atoms with Crippen molar-refractivity contribution >= 4 is 55.2 Å². The van der Waals surface area contributed by atoms with Gasteiger partial charge in [-0.15, -0.1) is 0 Å². The molecule has 0 saturated heterocycles. The van der Waals surface area contributed by atoms with Crippen molar-refractivity contribution in [1.82, 2.24) is 28.7 Å². The lowest BCUT2D eigenvalue weighted by Gasteiger charge is -2.44. The minimum absolute atomic E-state index is 0.0396. The molecule has 0 bridgehead atoms. The number of imidazole rings is 2. The van der Waals surface area contributed by atoms with Crippen LogP contribution in [0.5, 0.6) is 0 Å². The normalized spacial score (nSPS) is 18.7. The van der Waals surface area contributed by atoms with Crippen molar-refractivity contribution in [3.63, 3.8) is 0 Å². The Morgan fingerprint density at radius 2 is 1.02 bits per heavy atom. The van der Waals surface area contributed by atoms with Crippen LogP contribution in [0.1, 0.15) is 112 Å². The summed E-state index contributed by atoms with van der Waals surface area (Å²) in [6.45, 7) is 27.4. The van der Waals surface area contributed by atoms with Gasteiger partial charge in [0.15, 0.2) is 11.3 Å². The average molecular weight is 689 g/mol. The van der Waals surface area contributed by atoms with Gasteiger partial charge in [0.25, 0.3) is 0 Å². The molecule has 0 radical (unpaired) electrons. The lowest BCUT2D eigenvalue weighted by Crippen LogP contribution is -2.42. The molecule has 0 aliphatic heterocycles. The van der Waals surface area contributed by atoms with Gasteiger partial charge in [0.2, 0.25) is 0 Å². The van der Waals surface area contributed by atoms with Crippen LogP contribution in [0.4, 0.5) is 0 Å². The highest BCUT2D eigenvalue weighted by Crippen LogP contribution is 2.62. The number of aromatic nitrogens is 6. The fourth-order valence-corrected chi connectivity index (χ4v) is 9.43. The molecule has 8 aromatic rings. The molecule has 2 aliphatic rings. The van der Waals surface area contributed by atoms with Gasteiger partial charge < -0.3 is 0 Å². The van der Waals surface area contributed by atoms with Crippen molar-refractivity contribution in [2.45, 2.75) is 111 Å². The summed E-state index contributed by atoms with van der Waals surface area (Å²) >= 11 is 0. The molecule has 3 aromatic carbocycles. The SMILES string of the molecule is CC.CC1(C)CC(C)(C)c2nc3c(nc21)nc1c2ccccc2ccn31.CC1(C)c2cc3nc4c5ccccc5ccn4c3cc2C(C)(C)C1(C)C. The third-order valence-corrected chi connectivity index (χ3v) is 13.2. The molecule has 0 unspecified atom stereocenters. The quantitative estimate of drug-likeness (QED) is 0.159. The zero-order chi connectivity index (χ0) is 37.2. The Morgan fingerprint density at radius 1 is 0.519 bits per heavy atom. The van der Waals surface area contributed by atoms with Crippen LogP contribution in [0.2, 0.25) is 0 Å². The average Bonchev–Trinajstić information content (AvgIpc) is 3.76. The molecule has 6 nitrogen and oxygen atoms in total. The summed E-state index contributed by atoms with van der Waals surface area (Å²) in [6, 6.07) is 25.9. The second-order valence-corrected chi connectivity index (χ2v) is 17.7. The summed E-state index contributed by atoms with van der Waals surface area (Å²) in [7, 11) is 0. The van der Waals surface area contributed by atoms with Crippen LogP contribution >= 0.6 is 0 Å². The first-order chi connectivity index (χ1) is 24.5. The molecule has 6 heteroatoms. The van der Waals surface area contributed by atoms with E-state index in [1.165, 1.54) is 32.8 Å². The van der Waals surface area contributed by atoms with Gasteiger partial charge >= 0.3 is 0 Å². The van der Waals surface area contributed by atoms with Crippen molar-refractivity contribution in [3.05, 3.63) is 108 Å². The summed E-state index contributed by atoms with van der Waals surface area (Å²) in [5, 5.41) is 4.78. The van der Waals surface area contributed by atoms with Crippen LogP contribution in [0.3, 0.4) is 0 Å². The van der Waals surface area contributed by atoms with E-state index in [4.69, 9.17) is 19.9 Å². The smallest absolute Gasteiger partial charge is 0.198 e. The molecule has 10 rings (SSSR count). The summed E-state index contributed by atoms with van der Waals surface area (Å²) in [4.78, 5) is 19.9. The monoisotopic (exact) mass is 688 g/mol. The van der Waals surface area contributed by atoms with Crippen molar-refractivity contribution < 1.29 is 0 Å². The Bertz CT molecular complexity index is 2720. The predicted molar refractivity (Wildman–Crippen MR) is 218 cm³/mol. The molecule has 5 aromatic heterocycles.